The van der Waals surface area contributed by atoms with Gasteiger partial charge in [-0.15, -0.1) is 0 Å². The van der Waals surface area contributed by atoms with Crippen LogP contribution in [0.1, 0.15) is 0 Å². The maximum atomic E-state index is 8.33. The maximum absolute atomic E-state index is 8.33. The van der Waals surface area contributed by atoms with E-state index in [1.807, 2.05) is 0 Å². The molecule has 0 atom stereocenters. The van der Waals surface area contributed by atoms with Crippen LogP contribution in [0.4, 0.5) is 4.79 Å². The molecule has 0 fully saturated rings. The van der Waals surface area contributed by atoms with Gasteiger partial charge in [0.25, 0.3) is 0 Å². The molecule has 0 unspecified atom stereocenters. The van der Waals surface area contributed by atoms with Crippen LogP contribution in [-0.4, -0.2) is 30.9 Å². The number of fused-ring (bicyclic) bond motifs is 1. The standard InChI is InChI=1S/C10H7.CH2O3.Bi/c1-2-6-10-8-4-3-7-9(10)5-1;2-1(3)4;/h1-7H;(H2,2,3,4);/q;;+2/p-2. The molecule has 2 rings (SSSR count). The monoisotopic (exact) mass is 396 g/mol. The molecule has 2 aromatic carbocycles. The van der Waals surface area contributed by atoms with Crippen molar-refractivity contribution in [3.05, 3.63) is 42.5 Å². The molecule has 0 saturated carbocycles. The zero-order valence-corrected chi connectivity index (χ0v) is 11.2. The first-order chi connectivity index (χ1) is 7.11. The molecule has 0 heterocycles. The molecule has 0 aliphatic carbocycles. The van der Waals surface area contributed by atoms with Gasteiger partial charge in [-0.25, -0.2) is 0 Å². The first-order valence-electron chi connectivity index (χ1n) is 4.16. The zero-order chi connectivity index (χ0) is 11.3. The van der Waals surface area contributed by atoms with Gasteiger partial charge in [0.15, 0.2) is 0 Å². The summed E-state index contributed by atoms with van der Waals surface area (Å²) in [6, 6.07) is 15.0. The fraction of sp³-hybridized carbons (Fsp3) is 0. The quantitative estimate of drug-likeness (QED) is 0.548. The molecule has 2 aromatic rings. The number of carbonyl (C=O) groups excluding carboxylic acids is 1. The molecule has 3 nitrogen and oxygen atoms in total. The Morgan fingerprint density at radius 1 is 1.00 bits per heavy atom. The Labute approximate surface area is 102 Å². The van der Waals surface area contributed by atoms with Gasteiger partial charge in [-0.1, -0.05) is 0 Å². The number of hydrogen-bond donors (Lipinski definition) is 0. The van der Waals surface area contributed by atoms with Crippen molar-refractivity contribution in [1.29, 1.82) is 0 Å². The molecule has 0 aromatic heterocycles. The second kappa shape index (κ2) is 5.67. The Morgan fingerprint density at radius 2 is 1.53 bits per heavy atom. The van der Waals surface area contributed by atoms with E-state index in [0.717, 1.165) is 0 Å². The molecule has 0 aliphatic heterocycles. The molecule has 0 N–H and O–H groups in total. The zero-order valence-electron chi connectivity index (χ0n) is 7.71. The molecule has 0 amide bonds. The van der Waals surface area contributed by atoms with Crippen LogP contribution in [0, 0.1) is 0 Å². The molecule has 2 radical (unpaired) electrons. The molecule has 74 valence electrons. The minimum absolute atomic E-state index is 1.34. The summed E-state index contributed by atoms with van der Waals surface area (Å²) in [6.45, 7) is 0. The predicted molar refractivity (Wildman–Crippen MR) is 54.7 cm³/mol. The topological polar surface area (TPSA) is 63.2 Å². The van der Waals surface area contributed by atoms with Crippen LogP contribution in [0.2, 0.25) is 0 Å². The summed E-state index contributed by atoms with van der Waals surface area (Å²) in [5.41, 5.74) is 0. The first kappa shape index (κ1) is 11.9. The van der Waals surface area contributed by atoms with Crippen LogP contribution in [0.15, 0.2) is 42.5 Å². The van der Waals surface area contributed by atoms with Gasteiger partial charge in [-0.3, -0.25) is 0 Å². The fourth-order valence-corrected chi connectivity index (χ4v) is 2.33. The van der Waals surface area contributed by atoms with Crippen LogP contribution in [0.25, 0.3) is 10.8 Å². The number of carboxylic acid groups (broad SMARTS) is 2. The van der Waals surface area contributed by atoms with E-state index in [4.69, 9.17) is 15.0 Å². The molecule has 4 heteroatoms. The van der Waals surface area contributed by atoms with Gasteiger partial charge in [0.1, 0.15) is 0 Å². The van der Waals surface area contributed by atoms with Crippen LogP contribution in [-0.2, 0) is 0 Å². The van der Waals surface area contributed by atoms with Crippen LogP contribution in [0.3, 0.4) is 0 Å². The van der Waals surface area contributed by atoms with Crippen LogP contribution in [0.5, 0.6) is 0 Å². The van der Waals surface area contributed by atoms with Crippen molar-refractivity contribution in [2.24, 2.45) is 0 Å². The van der Waals surface area contributed by atoms with Gasteiger partial charge < -0.3 is 15.0 Å². The molecule has 15 heavy (non-hydrogen) atoms. The van der Waals surface area contributed by atoms with E-state index in [2.05, 4.69) is 42.5 Å². The van der Waals surface area contributed by atoms with Gasteiger partial charge in [0.2, 0.25) is 0 Å². The number of rotatable bonds is 0. The summed E-state index contributed by atoms with van der Waals surface area (Å²) in [4.78, 5) is 8.33. The fourth-order valence-electron chi connectivity index (χ4n) is 1.21. The molecular weight excluding hydrogens is 389 g/mol. The normalized spacial score (nSPS) is 9.07. The van der Waals surface area contributed by atoms with E-state index in [-0.39, 0.29) is 0 Å². The summed E-state index contributed by atoms with van der Waals surface area (Å²) >= 11 is 1.34. The third-order valence-electron chi connectivity index (χ3n) is 1.77. The number of benzene rings is 2. The summed E-state index contributed by atoms with van der Waals surface area (Å²) in [7, 11) is 0. The molecule has 0 aliphatic rings. The molecular formula is C11H7BiO3. The van der Waals surface area contributed by atoms with E-state index in [9.17, 15) is 0 Å². The van der Waals surface area contributed by atoms with Crippen molar-refractivity contribution in [2.45, 2.75) is 0 Å². The van der Waals surface area contributed by atoms with Crippen molar-refractivity contribution in [3.63, 3.8) is 0 Å². The summed E-state index contributed by atoms with van der Waals surface area (Å²) < 4.78 is 1.46. The summed E-state index contributed by atoms with van der Waals surface area (Å²) in [6.07, 6.45) is -2.33. The van der Waals surface area contributed by atoms with Gasteiger partial charge in [-0.2, -0.15) is 0 Å². The SMILES string of the molecule is O=C([O-])[O-].[Bi+2][c]1cccc2ccccc12. The van der Waals surface area contributed by atoms with Gasteiger partial charge in [0, 0.05) is 0 Å². The average molecular weight is 396 g/mol. The Balaban J connectivity index is 0.000000245. The Bertz CT molecular complexity index is 459. The van der Waals surface area contributed by atoms with E-state index in [1.165, 1.54) is 38.8 Å². The summed E-state index contributed by atoms with van der Waals surface area (Å²) in [5, 5.41) is 19.4. The first-order valence-corrected chi connectivity index (χ1v) is 5.90. The van der Waals surface area contributed by atoms with Gasteiger partial charge >= 0.3 is 81.2 Å². The summed E-state index contributed by atoms with van der Waals surface area (Å²) in [5.74, 6) is 0. The molecule has 0 bridgehead atoms. The Morgan fingerprint density at radius 3 is 2.13 bits per heavy atom. The van der Waals surface area contributed by atoms with E-state index in [0.29, 0.717) is 0 Å². The number of hydrogen-bond acceptors (Lipinski definition) is 3. The van der Waals surface area contributed by atoms with Gasteiger partial charge in [0.05, 0.1) is 0 Å². The van der Waals surface area contributed by atoms with Crippen molar-refractivity contribution in [2.75, 3.05) is 0 Å². The number of carbonyl (C=O) groups is 1. The van der Waals surface area contributed by atoms with Crippen LogP contribution >= 0.6 is 0 Å². The second-order valence-corrected chi connectivity index (χ2v) is 4.62. The van der Waals surface area contributed by atoms with Crippen LogP contribution < -0.4 is 13.5 Å². The van der Waals surface area contributed by atoms with Crippen molar-refractivity contribution < 1.29 is 15.0 Å². The van der Waals surface area contributed by atoms with E-state index >= 15 is 0 Å². The van der Waals surface area contributed by atoms with E-state index in [1.54, 1.807) is 0 Å². The van der Waals surface area contributed by atoms with Crippen molar-refractivity contribution in [3.8, 4) is 0 Å². The third kappa shape index (κ3) is 3.84. The Hall–Kier alpha value is -1.15. The van der Waals surface area contributed by atoms with Crippen molar-refractivity contribution >= 4 is 44.9 Å². The van der Waals surface area contributed by atoms with Crippen molar-refractivity contribution in [1.82, 2.24) is 0 Å². The van der Waals surface area contributed by atoms with E-state index < -0.39 is 6.16 Å². The minimum atomic E-state index is -2.33. The molecule has 0 saturated heterocycles. The average Bonchev–Trinajstić information content (AvgIpc) is 2.18. The third-order valence-corrected chi connectivity index (χ3v) is 3.28. The molecule has 0 spiro atoms. The predicted octanol–water partition coefficient (Wildman–Crippen LogP) is -0.813. The Kier molecular flexibility index (Phi) is 4.50. The second-order valence-electron chi connectivity index (χ2n) is 2.75. The van der Waals surface area contributed by atoms with Gasteiger partial charge in [-0.05, 0) is 6.16 Å².